The molecule has 2 aliphatic rings. The van der Waals surface area contributed by atoms with Crippen LogP contribution in [0.25, 0.3) is 0 Å². The number of hydrogen-bond acceptors (Lipinski definition) is 8. The maximum atomic E-state index is 13.5. The van der Waals surface area contributed by atoms with Crippen molar-refractivity contribution in [1.29, 1.82) is 0 Å². The summed E-state index contributed by atoms with van der Waals surface area (Å²) in [5.41, 5.74) is -0.708. The standard InChI is InChI=1S/C32H54N4O6S/c1-8-24(9-2)35-16-17-36(27(20-35)29(38)34-32(5,6)7)21-28(37)26(19-23-13-11-10-12-14-23)33-31(39)42-30-25(22(3)4)15-18-43(30,40)41/h10-14,22,24-28,30,37H,8-9,15-21H2,1-7H3,(H,33,39)(H,34,38)/t25-,26+,27+,28-,30-/m1/s1. The number of β-amino-alcohol motifs (C(OH)–C–C–N with tert-alkyl or cyclic N) is 1. The lowest BCUT2D eigenvalue weighted by Gasteiger charge is -2.45. The van der Waals surface area contributed by atoms with E-state index in [-0.39, 0.29) is 30.0 Å². The van der Waals surface area contributed by atoms with Gasteiger partial charge in [-0.05, 0) is 57.9 Å². The first-order valence-corrected chi connectivity index (χ1v) is 17.6. The van der Waals surface area contributed by atoms with Crippen molar-refractivity contribution in [3.8, 4) is 0 Å². The molecule has 3 N–H and O–H groups in total. The van der Waals surface area contributed by atoms with Crippen molar-refractivity contribution in [3.05, 3.63) is 35.9 Å². The van der Waals surface area contributed by atoms with Gasteiger partial charge in [0, 0.05) is 43.7 Å². The maximum absolute atomic E-state index is 13.5. The number of nitrogens with zero attached hydrogens (tertiary/aromatic N) is 2. The van der Waals surface area contributed by atoms with Crippen molar-refractivity contribution in [2.24, 2.45) is 11.8 Å². The number of hydrogen-bond donors (Lipinski definition) is 3. The molecule has 2 heterocycles. The zero-order valence-corrected chi connectivity index (χ0v) is 27.9. The van der Waals surface area contributed by atoms with Crippen molar-refractivity contribution < 1.29 is 27.9 Å². The highest BCUT2D eigenvalue weighted by Gasteiger charge is 2.45. The van der Waals surface area contributed by atoms with Gasteiger partial charge < -0.3 is 20.5 Å². The van der Waals surface area contributed by atoms with Crippen LogP contribution < -0.4 is 10.6 Å². The van der Waals surface area contributed by atoms with Crippen LogP contribution >= 0.6 is 0 Å². The van der Waals surface area contributed by atoms with E-state index in [2.05, 4.69) is 29.4 Å². The minimum Gasteiger partial charge on any atom is -0.430 e. The van der Waals surface area contributed by atoms with Crippen molar-refractivity contribution in [3.63, 3.8) is 0 Å². The summed E-state index contributed by atoms with van der Waals surface area (Å²) in [5, 5.41) is 17.5. The average molecular weight is 623 g/mol. The number of amides is 2. The van der Waals surface area contributed by atoms with Crippen molar-refractivity contribution in [2.45, 2.75) is 109 Å². The molecule has 1 aromatic carbocycles. The molecule has 2 amide bonds. The SMILES string of the molecule is CCC(CC)N1CCN(C[C@@H](O)[C@H](Cc2ccccc2)NC(=O)O[C@H]2[C@@H](C(C)C)CCS2(=O)=O)[C@H](C(=O)NC(C)(C)C)C1. The molecule has 0 radical (unpaired) electrons. The number of rotatable bonds is 12. The first kappa shape index (κ1) is 35.3. The van der Waals surface area contributed by atoms with Crippen LogP contribution in [-0.4, -0.2) is 102 Å². The first-order valence-electron chi connectivity index (χ1n) is 15.9. The topological polar surface area (TPSA) is 128 Å². The number of benzene rings is 1. The third-order valence-corrected chi connectivity index (χ3v) is 10.7. The molecule has 0 unspecified atom stereocenters. The second-order valence-corrected chi connectivity index (χ2v) is 15.8. The largest absolute Gasteiger partial charge is 0.430 e. The molecule has 2 saturated heterocycles. The number of alkyl carbamates (subject to hydrolysis) is 1. The van der Waals surface area contributed by atoms with Crippen LogP contribution in [0.15, 0.2) is 30.3 Å². The summed E-state index contributed by atoms with van der Waals surface area (Å²) in [7, 11) is -3.57. The van der Waals surface area contributed by atoms with Crippen LogP contribution in [0.1, 0.15) is 73.3 Å². The normalized spacial score (nSPS) is 24.6. The Kier molecular flexibility index (Phi) is 12.5. The van der Waals surface area contributed by atoms with E-state index in [4.69, 9.17) is 4.74 Å². The Morgan fingerprint density at radius 1 is 1.09 bits per heavy atom. The highest BCUT2D eigenvalue weighted by atomic mass is 32.2. The Hall–Kier alpha value is -2.21. The number of sulfone groups is 1. The van der Waals surface area contributed by atoms with Gasteiger partial charge in [-0.25, -0.2) is 13.2 Å². The number of nitrogens with one attached hydrogen (secondary N) is 2. The third-order valence-electron chi connectivity index (χ3n) is 8.79. The van der Waals surface area contributed by atoms with Crippen LogP contribution in [0.2, 0.25) is 0 Å². The van der Waals surface area contributed by atoms with E-state index in [1.807, 2.05) is 69.9 Å². The summed E-state index contributed by atoms with van der Waals surface area (Å²) in [6.07, 6.45) is 0.850. The molecular weight excluding hydrogens is 568 g/mol. The van der Waals surface area contributed by atoms with Crippen molar-refractivity contribution >= 4 is 21.8 Å². The second kappa shape index (κ2) is 15.2. The van der Waals surface area contributed by atoms with Crippen molar-refractivity contribution in [2.75, 3.05) is 31.9 Å². The molecule has 2 aliphatic heterocycles. The minimum absolute atomic E-state index is 0.00915. The maximum Gasteiger partial charge on any atom is 0.408 e. The van der Waals surface area contributed by atoms with Crippen LogP contribution in [0.3, 0.4) is 0 Å². The smallest absolute Gasteiger partial charge is 0.408 e. The second-order valence-electron chi connectivity index (χ2n) is 13.6. The average Bonchev–Trinajstić information content (AvgIpc) is 3.22. The monoisotopic (exact) mass is 622 g/mol. The highest BCUT2D eigenvalue weighted by Crippen LogP contribution is 2.33. The van der Waals surface area contributed by atoms with Gasteiger partial charge in [0.1, 0.15) is 6.04 Å². The van der Waals surface area contributed by atoms with Gasteiger partial charge in [-0.3, -0.25) is 14.6 Å². The van der Waals surface area contributed by atoms with Crippen LogP contribution in [0.5, 0.6) is 0 Å². The Morgan fingerprint density at radius 3 is 2.33 bits per heavy atom. The minimum atomic E-state index is -3.57. The zero-order valence-electron chi connectivity index (χ0n) is 27.1. The molecule has 43 heavy (non-hydrogen) atoms. The summed E-state index contributed by atoms with van der Waals surface area (Å²) in [4.78, 5) is 31.1. The Morgan fingerprint density at radius 2 is 1.74 bits per heavy atom. The molecule has 0 saturated carbocycles. The lowest BCUT2D eigenvalue weighted by molar-refractivity contribution is -0.132. The van der Waals surface area contributed by atoms with E-state index in [1.54, 1.807) is 0 Å². The number of aliphatic hydroxyl groups is 1. The van der Waals surface area contributed by atoms with Crippen LogP contribution in [-0.2, 0) is 25.8 Å². The fraction of sp³-hybridized carbons (Fsp3) is 0.750. The van der Waals surface area contributed by atoms with E-state index in [0.717, 1.165) is 24.9 Å². The van der Waals surface area contributed by atoms with E-state index < -0.39 is 45.1 Å². The molecule has 3 rings (SSSR count). The number of ether oxygens (including phenoxy) is 1. The molecular formula is C32H54N4O6S. The molecule has 2 fully saturated rings. The molecule has 0 bridgehead atoms. The Labute approximate surface area is 258 Å². The van der Waals surface area contributed by atoms with Gasteiger partial charge in [-0.1, -0.05) is 58.0 Å². The predicted molar refractivity (Wildman–Crippen MR) is 169 cm³/mol. The molecule has 244 valence electrons. The predicted octanol–water partition coefficient (Wildman–Crippen LogP) is 3.19. The van der Waals surface area contributed by atoms with Gasteiger partial charge in [-0.15, -0.1) is 0 Å². The first-order chi connectivity index (χ1) is 20.1. The summed E-state index contributed by atoms with van der Waals surface area (Å²) in [6.45, 7) is 16.1. The lowest BCUT2D eigenvalue weighted by Crippen LogP contribution is -2.64. The molecule has 0 spiro atoms. The van der Waals surface area contributed by atoms with E-state index in [0.29, 0.717) is 32.0 Å². The van der Waals surface area contributed by atoms with Gasteiger partial charge in [-0.2, -0.15) is 0 Å². The van der Waals surface area contributed by atoms with Crippen LogP contribution in [0.4, 0.5) is 4.79 Å². The fourth-order valence-corrected chi connectivity index (χ4v) is 8.39. The zero-order chi connectivity index (χ0) is 31.9. The molecule has 0 aromatic heterocycles. The number of piperazine rings is 1. The molecule has 10 nitrogen and oxygen atoms in total. The van der Waals surface area contributed by atoms with Gasteiger partial charge in [0.25, 0.3) is 0 Å². The fourth-order valence-electron chi connectivity index (χ4n) is 6.34. The lowest BCUT2D eigenvalue weighted by atomic mass is 9.94. The van der Waals surface area contributed by atoms with Gasteiger partial charge in [0.15, 0.2) is 9.84 Å². The number of aliphatic hydroxyl groups excluding tert-OH is 1. The quantitative estimate of drug-likeness (QED) is 0.324. The molecule has 1 aromatic rings. The summed E-state index contributed by atoms with van der Waals surface area (Å²) in [5.74, 6) is -0.337. The van der Waals surface area contributed by atoms with E-state index in [9.17, 15) is 23.1 Å². The number of carbonyl (C=O) groups excluding carboxylic acids is 2. The highest BCUT2D eigenvalue weighted by molar-refractivity contribution is 7.92. The molecule has 5 atom stereocenters. The van der Waals surface area contributed by atoms with E-state index in [1.165, 1.54) is 0 Å². The van der Waals surface area contributed by atoms with Crippen molar-refractivity contribution in [1.82, 2.24) is 20.4 Å². The Bertz CT molecular complexity index is 1150. The van der Waals surface area contributed by atoms with Crippen LogP contribution in [0, 0.1) is 11.8 Å². The summed E-state index contributed by atoms with van der Waals surface area (Å²) in [6, 6.07) is 8.64. The summed E-state index contributed by atoms with van der Waals surface area (Å²) >= 11 is 0. The van der Waals surface area contributed by atoms with E-state index >= 15 is 0 Å². The van der Waals surface area contributed by atoms with Gasteiger partial charge >= 0.3 is 6.09 Å². The summed E-state index contributed by atoms with van der Waals surface area (Å²) < 4.78 is 31.0. The Balaban J connectivity index is 1.80. The van der Waals surface area contributed by atoms with Gasteiger partial charge in [0.2, 0.25) is 11.3 Å². The third kappa shape index (κ3) is 9.89. The number of carbonyl (C=O) groups is 2. The van der Waals surface area contributed by atoms with Gasteiger partial charge in [0.05, 0.1) is 17.9 Å². The molecule has 11 heteroatoms. The molecule has 0 aliphatic carbocycles.